The van der Waals surface area contributed by atoms with Crippen LogP contribution in [0.3, 0.4) is 0 Å². The van der Waals surface area contributed by atoms with Crippen molar-refractivity contribution >= 4 is 35.6 Å². The molecule has 3 atom stereocenters. The predicted molar refractivity (Wildman–Crippen MR) is 108 cm³/mol. The summed E-state index contributed by atoms with van der Waals surface area (Å²) < 4.78 is 4.75. The number of ether oxygens (including phenoxy) is 1. The van der Waals surface area contributed by atoms with E-state index in [4.69, 9.17) is 4.74 Å². The second kappa shape index (κ2) is 11.6. The van der Waals surface area contributed by atoms with Crippen molar-refractivity contribution in [2.24, 2.45) is 5.92 Å². The van der Waals surface area contributed by atoms with Crippen LogP contribution >= 0.6 is 11.8 Å². The van der Waals surface area contributed by atoms with Crippen LogP contribution in [0.4, 0.5) is 4.79 Å². The Hall–Kier alpha value is -2.23. The predicted octanol–water partition coefficient (Wildman–Crippen LogP) is 0.118. The summed E-state index contributed by atoms with van der Waals surface area (Å²) in [6, 6.07) is -2.34. The molecule has 3 N–H and O–H groups in total. The third kappa shape index (κ3) is 6.74. The van der Waals surface area contributed by atoms with Crippen molar-refractivity contribution in [3.05, 3.63) is 12.7 Å². The number of hydrogen-bond donors (Lipinski definition) is 3. The molecule has 0 radical (unpaired) electrons. The van der Waals surface area contributed by atoms with E-state index >= 15 is 0 Å². The van der Waals surface area contributed by atoms with E-state index in [1.807, 2.05) is 0 Å². The van der Waals surface area contributed by atoms with Crippen LogP contribution in [0.25, 0.3) is 0 Å². The average molecular weight is 415 g/mol. The lowest BCUT2D eigenvalue weighted by Gasteiger charge is -2.26. The van der Waals surface area contributed by atoms with Gasteiger partial charge in [0.2, 0.25) is 11.8 Å². The Kier molecular flexibility index (Phi) is 9.84. The molecule has 1 heterocycles. The zero-order chi connectivity index (χ0) is 21.3. The number of thioether (sulfide) groups is 1. The van der Waals surface area contributed by atoms with E-state index in [-0.39, 0.29) is 36.6 Å². The molecule has 0 saturated carbocycles. The average Bonchev–Trinajstić information content (AvgIpc) is 3.07. The molecule has 1 saturated heterocycles. The maximum atomic E-state index is 12.8. The zero-order valence-corrected chi connectivity index (χ0v) is 17.6. The molecule has 28 heavy (non-hydrogen) atoms. The summed E-state index contributed by atoms with van der Waals surface area (Å²) in [7, 11) is 1.26. The molecule has 0 spiro atoms. The van der Waals surface area contributed by atoms with Gasteiger partial charge in [-0.25, -0.2) is 9.59 Å². The number of esters is 1. The SMILES string of the molecule is C=CCNC(=O)N[C@H]1C[C@@H](C(=O)N[C@@H](C(=O)OC)C(C)C)N(C(=O)CSC)C1. The number of hydrogen-bond acceptors (Lipinski definition) is 6. The highest BCUT2D eigenvalue weighted by Crippen LogP contribution is 2.20. The highest BCUT2D eigenvalue weighted by molar-refractivity contribution is 7.99. The number of urea groups is 1. The topological polar surface area (TPSA) is 117 Å². The fourth-order valence-electron chi connectivity index (χ4n) is 2.95. The molecule has 9 nitrogen and oxygen atoms in total. The highest BCUT2D eigenvalue weighted by Gasteiger charge is 2.41. The fourth-order valence-corrected chi connectivity index (χ4v) is 3.36. The molecule has 0 aromatic rings. The minimum absolute atomic E-state index is 0.174. The maximum Gasteiger partial charge on any atom is 0.328 e. The van der Waals surface area contributed by atoms with Crippen LogP contribution in [0.5, 0.6) is 0 Å². The van der Waals surface area contributed by atoms with E-state index in [9.17, 15) is 19.2 Å². The largest absolute Gasteiger partial charge is 0.467 e. The number of nitrogens with one attached hydrogen (secondary N) is 3. The summed E-state index contributed by atoms with van der Waals surface area (Å²) >= 11 is 1.36. The number of nitrogens with zero attached hydrogens (tertiary/aromatic N) is 1. The second-order valence-electron chi connectivity index (χ2n) is 6.82. The maximum absolute atomic E-state index is 12.8. The van der Waals surface area contributed by atoms with Crippen molar-refractivity contribution in [1.82, 2.24) is 20.9 Å². The number of likely N-dealkylation sites (tertiary alicyclic amines) is 1. The molecular weight excluding hydrogens is 384 g/mol. The van der Waals surface area contributed by atoms with Gasteiger partial charge in [0, 0.05) is 13.1 Å². The Morgan fingerprint density at radius 3 is 2.54 bits per heavy atom. The molecule has 1 aliphatic heterocycles. The number of rotatable bonds is 9. The molecule has 0 bridgehead atoms. The Morgan fingerprint density at radius 2 is 2.00 bits per heavy atom. The molecule has 1 aliphatic rings. The summed E-state index contributed by atoms with van der Waals surface area (Å²) in [5, 5.41) is 8.06. The lowest BCUT2D eigenvalue weighted by atomic mass is 10.0. The van der Waals surface area contributed by atoms with Gasteiger partial charge in [0.05, 0.1) is 18.9 Å². The van der Waals surface area contributed by atoms with Gasteiger partial charge in [-0.1, -0.05) is 19.9 Å². The van der Waals surface area contributed by atoms with Crippen LogP contribution < -0.4 is 16.0 Å². The Balaban J connectivity index is 2.89. The molecule has 1 fully saturated rings. The van der Waals surface area contributed by atoms with Crippen LogP contribution in [0.1, 0.15) is 20.3 Å². The molecule has 4 amide bonds. The Labute approximate surface area is 170 Å². The highest BCUT2D eigenvalue weighted by atomic mass is 32.2. The van der Waals surface area contributed by atoms with E-state index < -0.39 is 30.0 Å². The third-order valence-corrected chi connectivity index (χ3v) is 4.89. The number of methoxy groups -OCH3 is 1. The minimum atomic E-state index is -0.807. The number of amides is 4. The molecular formula is C18H30N4O5S. The van der Waals surface area contributed by atoms with Crippen molar-refractivity contribution in [3.8, 4) is 0 Å². The molecule has 10 heteroatoms. The van der Waals surface area contributed by atoms with Crippen molar-refractivity contribution < 1.29 is 23.9 Å². The fraction of sp³-hybridized carbons (Fsp3) is 0.667. The number of carbonyl (C=O) groups excluding carboxylic acids is 4. The van der Waals surface area contributed by atoms with Crippen LogP contribution in [-0.4, -0.2) is 79.0 Å². The first-order valence-corrected chi connectivity index (χ1v) is 10.5. The first-order chi connectivity index (χ1) is 13.2. The molecule has 158 valence electrons. The van der Waals surface area contributed by atoms with Gasteiger partial charge in [-0.05, 0) is 18.6 Å². The lowest BCUT2D eigenvalue weighted by molar-refractivity contribution is -0.147. The van der Waals surface area contributed by atoms with E-state index in [1.165, 1.54) is 23.8 Å². The van der Waals surface area contributed by atoms with Gasteiger partial charge in [0.25, 0.3) is 0 Å². The lowest BCUT2D eigenvalue weighted by Crippen LogP contribution is -2.53. The summed E-state index contributed by atoms with van der Waals surface area (Å²) in [6.07, 6.45) is 3.62. The molecule has 1 rings (SSSR count). The smallest absolute Gasteiger partial charge is 0.328 e. The number of carbonyl (C=O) groups is 4. The van der Waals surface area contributed by atoms with Gasteiger partial charge in [-0.2, -0.15) is 11.8 Å². The Morgan fingerprint density at radius 1 is 1.32 bits per heavy atom. The van der Waals surface area contributed by atoms with Gasteiger partial charge in [-0.3, -0.25) is 9.59 Å². The molecule has 0 aromatic heterocycles. The summed E-state index contributed by atoms with van der Waals surface area (Å²) in [6.45, 7) is 7.65. The minimum Gasteiger partial charge on any atom is -0.467 e. The zero-order valence-electron chi connectivity index (χ0n) is 16.8. The monoisotopic (exact) mass is 414 g/mol. The molecule has 0 unspecified atom stereocenters. The van der Waals surface area contributed by atoms with Crippen molar-refractivity contribution in [1.29, 1.82) is 0 Å². The van der Waals surface area contributed by atoms with Gasteiger partial charge >= 0.3 is 12.0 Å². The van der Waals surface area contributed by atoms with Crippen LogP contribution in [0.2, 0.25) is 0 Å². The first-order valence-electron chi connectivity index (χ1n) is 9.06. The standard InChI is InChI=1S/C18H30N4O5S/c1-6-7-19-18(26)20-12-8-13(22(9-12)14(23)10-28-5)16(24)21-15(11(2)3)17(25)27-4/h6,11-13,15H,1,7-10H2,2-5H3,(H,21,24)(H2,19,20,26)/t12-,13-,15+/m0/s1. The van der Waals surface area contributed by atoms with E-state index in [0.29, 0.717) is 6.54 Å². The molecule has 0 aromatic carbocycles. The van der Waals surface area contributed by atoms with Crippen molar-refractivity contribution in [2.75, 3.05) is 32.2 Å². The van der Waals surface area contributed by atoms with Crippen LogP contribution in [0.15, 0.2) is 12.7 Å². The second-order valence-corrected chi connectivity index (χ2v) is 7.69. The van der Waals surface area contributed by atoms with Gasteiger partial charge < -0.3 is 25.6 Å². The van der Waals surface area contributed by atoms with Crippen molar-refractivity contribution in [2.45, 2.75) is 38.4 Å². The quantitative estimate of drug-likeness (QED) is 0.364. The van der Waals surface area contributed by atoms with E-state index in [2.05, 4.69) is 22.5 Å². The summed E-state index contributed by atoms with van der Waals surface area (Å²) in [5.41, 5.74) is 0. The third-order valence-electron chi connectivity index (χ3n) is 4.35. The Bertz CT molecular complexity index is 599. The van der Waals surface area contributed by atoms with Crippen molar-refractivity contribution in [3.63, 3.8) is 0 Å². The van der Waals surface area contributed by atoms with Crippen LogP contribution in [0, 0.1) is 5.92 Å². The van der Waals surface area contributed by atoms with Gasteiger partial charge in [0.15, 0.2) is 0 Å². The molecule has 0 aliphatic carbocycles. The van der Waals surface area contributed by atoms with Crippen LogP contribution in [-0.2, 0) is 19.1 Å². The van der Waals surface area contributed by atoms with Gasteiger partial charge in [0.1, 0.15) is 12.1 Å². The van der Waals surface area contributed by atoms with E-state index in [1.54, 1.807) is 26.2 Å². The summed E-state index contributed by atoms with van der Waals surface area (Å²) in [5.74, 6) is -1.12. The van der Waals surface area contributed by atoms with Gasteiger partial charge in [-0.15, -0.1) is 6.58 Å². The summed E-state index contributed by atoms with van der Waals surface area (Å²) in [4.78, 5) is 50.6. The first kappa shape index (κ1) is 23.8. The van der Waals surface area contributed by atoms with E-state index in [0.717, 1.165) is 0 Å². The normalized spacial score (nSPS) is 19.7.